The molecule has 0 unspecified atom stereocenters. The number of fused-ring (bicyclic) bond motifs is 1. The standard InChI is InChI=1S/C26H36O10/c1-11-16(30)9-18(34-12(2)27)25(6)19(11)20(32)15-8-17(31)26(7)22(24(15,5)10-33-26)21(35-13(3)28)23(25)36-14(4)29/h15-16,18-23,30,32H,1,8-10H2,2-7H3/t15-,16-,18-,19-,20+,21+,22+,23-,24+,25+,26-/m0/s1. The third-order valence-electron chi connectivity index (χ3n) is 9.32. The first-order valence-corrected chi connectivity index (χ1v) is 12.3. The molecule has 4 rings (SSSR count). The van der Waals surface area contributed by atoms with Crippen molar-refractivity contribution in [1.29, 1.82) is 0 Å². The van der Waals surface area contributed by atoms with Crippen molar-refractivity contribution in [2.75, 3.05) is 6.61 Å². The van der Waals surface area contributed by atoms with Gasteiger partial charge in [0.05, 0.1) is 24.2 Å². The van der Waals surface area contributed by atoms with Crippen LogP contribution in [-0.4, -0.2) is 76.6 Å². The van der Waals surface area contributed by atoms with Crippen LogP contribution < -0.4 is 0 Å². The largest absolute Gasteiger partial charge is 0.462 e. The van der Waals surface area contributed by atoms with Gasteiger partial charge in [0.1, 0.15) is 23.9 Å². The Balaban J connectivity index is 2.04. The lowest BCUT2D eigenvalue weighted by atomic mass is 9.45. The Kier molecular flexibility index (Phi) is 6.41. The molecule has 0 aromatic heterocycles. The smallest absolute Gasteiger partial charge is 0.303 e. The summed E-state index contributed by atoms with van der Waals surface area (Å²) in [4.78, 5) is 50.6. The maximum atomic E-state index is 13.5. The first-order chi connectivity index (χ1) is 16.6. The monoisotopic (exact) mass is 508 g/mol. The summed E-state index contributed by atoms with van der Waals surface area (Å²) in [5.74, 6) is -4.60. The summed E-state index contributed by atoms with van der Waals surface area (Å²) in [6, 6.07) is 0. The van der Waals surface area contributed by atoms with Crippen molar-refractivity contribution in [3.63, 3.8) is 0 Å². The highest BCUT2D eigenvalue weighted by molar-refractivity contribution is 5.89. The molecule has 0 aromatic rings. The Morgan fingerprint density at radius 3 is 2.14 bits per heavy atom. The van der Waals surface area contributed by atoms with E-state index in [1.807, 2.05) is 6.92 Å². The number of carbonyl (C=O) groups is 4. The topological polar surface area (TPSA) is 146 Å². The van der Waals surface area contributed by atoms with Gasteiger partial charge in [0, 0.05) is 56.8 Å². The second kappa shape index (κ2) is 8.63. The number of esters is 3. The second-order valence-corrected chi connectivity index (χ2v) is 11.5. The Labute approximate surface area is 210 Å². The number of Topliss-reactive ketones (excluding diaryl/α,β-unsaturated/α-hetero) is 1. The summed E-state index contributed by atoms with van der Waals surface area (Å²) in [7, 11) is 0. The highest BCUT2D eigenvalue weighted by atomic mass is 16.6. The fraction of sp³-hybridized carbons (Fsp3) is 0.769. The first kappa shape index (κ1) is 26.8. The molecular weight excluding hydrogens is 472 g/mol. The molecule has 0 spiro atoms. The SMILES string of the molecule is C=C1[C@@H](O)C[C@H](OC(C)=O)[C@@]2(C)[C@@H](OC(C)=O)[C@H](OC(C)=O)[C@@H]3[C@]4(C)CO[C@@]3(C)C(=O)C[C@H]4[C@@H](O)[C@H]12. The van der Waals surface area contributed by atoms with E-state index >= 15 is 0 Å². The lowest BCUT2D eigenvalue weighted by Gasteiger charge is -2.61. The van der Waals surface area contributed by atoms with Gasteiger partial charge >= 0.3 is 17.9 Å². The molecule has 200 valence electrons. The molecule has 10 heteroatoms. The molecule has 0 radical (unpaired) electrons. The summed E-state index contributed by atoms with van der Waals surface area (Å²) >= 11 is 0. The van der Waals surface area contributed by atoms with E-state index in [1.54, 1.807) is 13.8 Å². The van der Waals surface area contributed by atoms with Gasteiger partial charge < -0.3 is 29.2 Å². The van der Waals surface area contributed by atoms with Gasteiger partial charge in [-0.05, 0) is 12.5 Å². The zero-order valence-corrected chi connectivity index (χ0v) is 21.6. The van der Waals surface area contributed by atoms with Crippen LogP contribution in [-0.2, 0) is 38.1 Å². The van der Waals surface area contributed by atoms with Crippen LogP contribution in [0.15, 0.2) is 12.2 Å². The quantitative estimate of drug-likeness (QED) is 0.323. The average molecular weight is 509 g/mol. The predicted octanol–water partition coefficient (Wildman–Crippen LogP) is 1.10. The molecule has 1 saturated heterocycles. The van der Waals surface area contributed by atoms with E-state index < -0.39 is 82.6 Å². The highest BCUT2D eigenvalue weighted by Gasteiger charge is 2.75. The van der Waals surface area contributed by atoms with Gasteiger partial charge in [-0.25, -0.2) is 0 Å². The van der Waals surface area contributed by atoms with Crippen LogP contribution in [0.4, 0.5) is 0 Å². The molecule has 4 aliphatic rings. The van der Waals surface area contributed by atoms with Crippen LogP contribution in [0.2, 0.25) is 0 Å². The average Bonchev–Trinajstić information content (AvgIpc) is 2.98. The van der Waals surface area contributed by atoms with E-state index in [9.17, 15) is 29.4 Å². The summed E-state index contributed by atoms with van der Waals surface area (Å²) in [5, 5.41) is 22.9. The van der Waals surface area contributed by atoms with Gasteiger partial charge in [-0.1, -0.05) is 20.4 Å². The maximum Gasteiger partial charge on any atom is 0.303 e. The number of rotatable bonds is 3. The molecule has 2 N–H and O–H groups in total. The molecule has 1 heterocycles. The number of aliphatic hydroxyl groups is 2. The summed E-state index contributed by atoms with van der Waals surface area (Å²) in [6.07, 6.45) is -5.85. The molecule has 1 aliphatic heterocycles. The fourth-order valence-corrected chi connectivity index (χ4v) is 7.73. The molecule has 4 bridgehead atoms. The molecule has 11 atom stereocenters. The molecule has 0 amide bonds. The van der Waals surface area contributed by atoms with Gasteiger partial charge in [-0.15, -0.1) is 0 Å². The zero-order chi connectivity index (χ0) is 27.0. The number of carbonyl (C=O) groups excluding carboxylic acids is 4. The summed E-state index contributed by atoms with van der Waals surface area (Å²) in [6.45, 7) is 13.0. The molecular formula is C26H36O10. The minimum atomic E-state index is -1.36. The van der Waals surface area contributed by atoms with Crippen LogP contribution in [0.25, 0.3) is 0 Å². The van der Waals surface area contributed by atoms with Crippen molar-refractivity contribution in [2.24, 2.45) is 28.6 Å². The molecule has 0 aromatic carbocycles. The van der Waals surface area contributed by atoms with Crippen LogP contribution in [0.5, 0.6) is 0 Å². The van der Waals surface area contributed by atoms with Gasteiger partial charge in [0.15, 0.2) is 5.78 Å². The number of ketones is 1. The van der Waals surface area contributed by atoms with E-state index in [1.165, 1.54) is 20.8 Å². The molecule has 36 heavy (non-hydrogen) atoms. The molecule has 3 saturated carbocycles. The zero-order valence-electron chi connectivity index (χ0n) is 21.6. The van der Waals surface area contributed by atoms with E-state index in [-0.39, 0.29) is 30.8 Å². The van der Waals surface area contributed by atoms with Crippen LogP contribution >= 0.6 is 0 Å². The lowest BCUT2D eigenvalue weighted by Crippen LogP contribution is -2.72. The number of hydrogen-bond donors (Lipinski definition) is 2. The maximum absolute atomic E-state index is 13.5. The van der Waals surface area contributed by atoms with Crippen LogP contribution in [0.3, 0.4) is 0 Å². The van der Waals surface area contributed by atoms with Crippen molar-refractivity contribution in [3.05, 3.63) is 12.2 Å². The normalized spacial score (nSPS) is 47.8. The van der Waals surface area contributed by atoms with Gasteiger partial charge in [0.25, 0.3) is 0 Å². The van der Waals surface area contributed by atoms with Gasteiger partial charge in [0.2, 0.25) is 0 Å². The second-order valence-electron chi connectivity index (χ2n) is 11.5. The Hall–Kier alpha value is -2.30. The summed E-state index contributed by atoms with van der Waals surface area (Å²) < 4.78 is 23.5. The fourth-order valence-electron chi connectivity index (χ4n) is 7.73. The Bertz CT molecular complexity index is 1010. The molecule has 3 aliphatic carbocycles. The van der Waals surface area contributed by atoms with Crippen LogP contribution in [0, 0.1) is 28.6 Å². The van der Waals surface area contributed by atoms with Crippen molar-refractivity contribution in [2.45, 2.75) is 90.5 Å². The highest BCUT2D eigenvalue weighted by Crippen LogP contribution is 2.65. The van der Waals surface area contributed by atoms with E-state index in [4.69, 9.17) is 18.9 Å². The van der Waals surface area contributed by atoms with E-state index in [0.29, 0.717) is 0 Å². The molecule has 4 fully saturated rings. The van der Waals surface area contributed by atoms with Crippen molar-refractivity contribution in [1.82, 2.24) is 0 Å². The minimum absolute atomic E-state index is 0.00385. The number of aliphatic hydroxyl groups excluding tert-OH is 2. The third kappa shape index (κ3) is 3.63. The van der Waals surface area contributed by atoms with Crippen molar-refractivity contribution < 1.29 is 48.3 Å². The Morgan fingerprint density at radius 2 is 1.58 bits per heavy atom. The van der Waals surface area contributed by atoms with Crippen LogP contribution in [0.1, 0.15) is 54.4 Å². The van der Waals surface area contributed by atoms with Crippen molar-refractivity contribution in [3.8, 4) is 0 Å². The van der Waals surface area contributed by atoms with E-state index in [0.717, 1.165) is 0 Å². The number of ether oxygens (including phenoxy) is 4. The lowest BCUT2D eigenvalue weighted by molar-refractivity contribution is -0.249. The minimum Gasteiger partial charge on any atom is -0.462 e. The Morgan fingerprint density at radius 1 is 1.00 bits per heavy atom. The van der Waals surface area contributed by atoms with Crippen molar-refractivity contribution >= 4 is 23.7 Å². The van der Waals surface area contributed by atoms with Gasteiger partial charge in [-0.3, -0.25) is 19.2 Å². The van der Waals surface area contributed by atoms with E-state index in [2.05, 4.69) is 6.58 Å². The summed E-state index contributed by atoms with van der Waals surface area (Å²) in [5.41, 5.74) is -3.29. The number of hydrogen-bond acceptors (Lipinski definition) is 10. The first-order valence-electron chi connectivity index (χ1n) is 12.3. The molecule has 10 nitrogen and oxygen atoms in total. The predicted molar refractivity (Wildman–Crippen MR) is 123 cm³/mol. The van der Waals surface area contributed by atoms with Gasteiger partial charge in [-0.2, -0.15) is 0 Å². The third-order valence-corrected chi connectivity index (χ3v) is 9.32.